The number of amides is 2. The maximum absolute atomic E-state index is 13.3. The number of pyridine rings is 1. The van der Waals surface area contributed by atoms with Gasteiger partial charge in [-0.05, 0) is 31.5 Å². The summed E-state index contributed by atoms with van der Waals surface area (Å²) < 4.78 is 14.0. The zero-order valence-corrected chi connectivity index (χ0v) is 20.5. The highest BCUT2D eigenvalue weighted by molar-refractivity contribution is 5.98. The first-order chi connectivity index (χ1) is 16.8. The maximum Gasteiger partial charge on any atom is 0.272 e. The van der Waals surface area contributed by atoms with Gasteiger partial charge in [-0.3, -0.25) is 19.1 Å². The molecule has 4 heterocycles. The lowest BCUT2D eigenvalue weighted by atomic mass is 10.1. The van der Waals surface area contributed by atoms with E-state index in [0.29, 0.717) is 42.2 Å². The lowest BCUT2D eigenvalue weighted by molar-refractivity contribution is 0.0748. The number of methoxy groups -OCH3 is 1. The van der Waals surface area contributed by atoms with Crippen LogP contribution in [0.1, 0.15) is 64.3 Å². The monoisotopic (exact) mass is 481 g/mol. The van der Waals surface area contributed by atoms with E-state index in [-0.39, 0.29) is 35.7 Å². The molecule has 1 N–H and O–H groups in total. The minimum atomic E-state index is -0.374. The van der Waals surface area contributed by atoms with Gasteiger partial charge < -0.3 is 23.9 Å². The Labute approximate surface area is 203 Å². The molecule has 0 bridgehead atoms. The van der Waals surface area contributed by atoms with Crippen LogP contribution < -0.4 is 15.6 Å². The summed E-state index contributed by atoms with van der Waals surface area (Å²) in [6.07, 6.45) is 3.62. The van der Waals surface area contributed by atoms with Crippen molar-refractivity contribution in [2.45, 2.75) is 45.7 Å². The zero-order valence-electron chi connectivity index (χ0n) is 20.5. The number of ether oxygens (including phenoxy) is 1. The Balaban J connectivity index is 1.61. The number of aromatic nitrogens is 3. The number of hydrogen-bond acceptors (Lipinski definition) is 6. The lowest BCUT2D eigenvalue weighted by Crippen LogP contribution is -2.35. The molecule has 0 aromatic carbocycles. The number of fused-ring (bicyclic) bond motifs is 1. The van der Waals surface area contributed by atoms with Gasteiger partial charge in [0.15, 0.2) is 0 Å². The third-order valence-corrected chi connectivity index (χ3v) is 6.30. The van der Waals surface area contributed by atoms with Crippen molar-refractivity contribution in [2.75, 3.05) is 20.2 Å². The standard InChI is InChI=1S/C25H31N5O5/c1-5-7-17-14-19(28(3)27-17)25(33)29-10-9-18-23(21(34-4)15-22(31)30(18)12-11-29)24(32)26-16(2)20-8-6-13-35-20/h6,8,13-16H,5,7,9-12H2,1-4H3,(H,26,32). The lowest BCUT2D eigenvalue weighted by Gasteiger charge is -2.19. The van der Waals surface area contributed by atoms with Gasteiger partial charge in [0.25, 0.3) is 17.4 Å². The number of aryl methyl sites for hydroxylation is 2. The first-order valence-corrected chi connectivity index (χ1v) is 11.8. The van der Waals surface area contributed by atoms with Crippen LogP contribution in [-0.4, -0.2) is 51.3 Å². The highest BCUT2D eigenvalue weighted by atomic mass is 16.5. The summed E-state index contributed by atoms with van der Waals surface area (Å²) >= 11 is 0. The number of rotatable bonds is 7. The molecule has 0 spiro atoms. The van der Waals surface area contributed by atoms with Crippen molar-refractivity contribution in [3.05, 3.63) is 69.3 Å². The van der Waals surface area contributed by atoms with E-state index >= 15 is 0 Å². The topological polar surface area (TPSA) is 112 Å². The van der Waals surface area contributed by atoms with Crippen molar-refractivity contribution in [2.24, 2.45) is 7.05 Å². The second-order valence-corrected chi connectivity index (χ2v) is 8.67. The van der Waals surface area contributed by atoms with Crippen LogP contribution in [0.3, 0.4) is 0 Å². The molecular formula is C25H31N5O5. The van der Waals surface area contributed by atoms with E-state index in [4.69, 9.17) is 9.15 Å². The Bertz CT molecular complexity index is 1270. The van der Waals surface area contributed by atoms with Crippen LogP contribution in [0.25, 0.3) is 0 Å². The molecule has 0 radical (unpaired) electrons. The predicted octanol–water partition coefficient (Wildman–Crippen LogP) is 2.33. The van der Waals surface area contributed by atoms with Crippen LogP contribution in [0.4, 0.5) is 0 Å². The van der Waals surface area contributed by atoms with E-state index in [1.165, 1.54) is 13.2 Å². The van der Waals surface area contributed by atoms with E-state index in [1.807, 2.05) is 13.0 Å². The summed E-state index contributed by atoms with van der Waals surface area (Å²) in [7, 11) is 3.19. The van der Waals surface area contributed by atoms with Gasteiger partial charge in [0.2, 0.25) is 0 Å². The SMILES string of the molecule is CCCc1cc(C(=O)N2CCc3c(C(=O)NC(C)c4ccco4)c(OC)cc(=O)n3CC2)n(C)n1. The first-order valence-electron chi connectivity index (χ1n) is 11.8. The summed E-state index contributed by atoms with van der Waals surface area (Å²) in [5.41, 5.74) is 1.96. The molecule has 2 amide bonds. The summed E-state index contributed by atoms with van der Waals surface area (Å²) in [5.74, 6) is 0.311. The second-order valence-electron chi connectivity index (χ2n) is 8.67. The van der Waals surface area contributed by atoms with Crippen molar-refractivity contribution in [1.82, 2.24) is 24.6 Å². The Morgan fingerprint density at radius 2 is 2.06 bits per heavy atom. The van der Waals surface area contributed by atoms with Crippen LogP contribution in [0.2, 0.25) is 0 Å². The molecule has 1 unspecified atom stereocenters. The number of carbonyl (C=O) groups excluding carboxylic acids is 2. The first kappa shape index (κ1) is 24.3. The normalized spacial score (nSPS) is 14.2. The van der Waals surface area contributed by atoms with E-state index in [0.717, 1.165) is 18.5 Å². The third-order valence-electron chi connectivity index (χ3n) is 6.30. The molecule has 1 aliphatic rings. The van der Waals surface area contributed by atoms with Crippen LogP contribution in [0.15, 0.2) is 39.7 Å². The van der Waals surface area contributed by atoms with E-state index in [1.54, 1.807) is 39.6 Å². The predicted molar refractivity (Wildman–Crippen MR) is 129 cm³/mol. The van der Waals surface area contributed by atoms with Crippen LogP contribution in [0, 0.1) is 0 Å². The highest BCUT2D eigenvalue weighted by Crippen LogP contribution is 2.25. The minimum Gasteiger partial charge on any atom is -0.496 e. The van der Waals surface area contributed by atoms with Crippen molar-refractivity contribution in [3.63, 3.8) is 0 Å². The van der Waals surface area contributed by atoms with Gasteiger partial charge in [-0.1, -0.05) is 13.3 Å². The van der Waals surface area contributed by atoms with Gasteiger partial charge in [0.05, 0.1) is 25.1 Å². The Kier molecular flexibility index (Phi) is 7.09. The maximum atomic E-state index is 13.3. The van der Waals surface area contributed by atoms with Gasteiger partial charge in [-0.2, -0.15) is 5.10 Å². The third kappa shape index (κ3) is 4.87. The molecule has 0 aliphatic carbocycles. The molecule has 0 saturated heterocycles. The Morgan fingerprint density at radius 1 is 1.26 bits per heavy atom. The van der Waals surface area contributed by atoms with Gasteiger partial charge in [0, 0.05) is 44.9 Å². The second kappa shape index (κ2) is 10.2. The molecule has 3 aromatic heterocycles. The molecule has 10 nitrogen and oxygen atoms in total. The summed E-state index contributed by atoms with van der Waals surface area (Å²) in [4.78, 5) is 41.2. The summed E-state index contributed by atoms with van der Waals surface area (Å²) in [5, 5.41) is 7.36. The van der Waals surface area contributed by atoms with E-state index in [2.05, 4.69) is 17.3 Å². The van der Waals surface area contributed by atoms with Gasteiger partial charge in [-0.15, -0.1) is 0 Å². The highest BCUT2D eigenvalue weighted by Gasteiger charge is 2.29. The smallest absolute Gasteiger partial charge is 0.272 e. The van der Waals surface area contributed by atoms with Gasteiger partial charge in [0.1, 0.15) is 22.8 Å². The molecule has 35 heavy (non-hydrogen) atoms. The minimum absolute atomic E-state index is 0.146. The molecule has 4 rings (SSSR count). The number of nitrogens with one attached hydrogen (secondary N) is 1. The molecule has 3 aromatic rings. The van der Waals surface area contributed by atoms with E-state index < -0.39 is 0 Å². The average molecular weight is 482 g/mol. The molecule has 10 heteroatoms. The van der Waals surface area contributed by atoms with E-state index in [9.17, 15) is 14.4 Å². The molecule has 1 aliphatic heterocycles. The fourth-order valence-electron chi connectivity index (χ4n) is 4.50. The fourth-order valence-corrected chi connectivity index (χ4v) is 4.50. The van der Waals surface area contributed by atoms with Gasteiger partial charge in [-0.25, -0.2) is 0 Å². The summed E-state index contributed by atoms with van der Waals surface area (Å²) in [6, 6.07) is 6.32. The molecular weight excluding hydrogens is 450 g/mol. The molecule has 0 fully saturated rings. The van der Waals surface area contributed by atoms with Crippen molar-refractivity contribution in [3.8, 4) is 5.75 Å². The number of carbonyl (C=O) groups is 2. The molecule has 0 saturated carbocycles. The number of nitrogens with zero attached hydrogens (tertiary/aromatic N) is 4. The van der Waals surface area contributed by atoms with Crippen LogP contribution >= 0.6 is 0 Å². The quantitative estimate of drug-likeness (QED) is 0.554. The van der Waals surface area contributed by atoms with Crippen LogP contribution in [0.5, 0.6) is 5.75 Å². The zero-order chi connectivity index (χ0) is 25.1. The Morgan fingerprint density at radius 3 is 2.74 bits per heavy atom. The van der Waals surface area contributed by atoms with Gasteiger partial charge >= 0.3 is 0 Å². The molecule has 1 atom stereocenters. The summed E-state index contributed by atoms with van der Waals surface area (Å²) in [6.45, 7) is 4.86. The van der Waals surface area contributed by atoms with Crippen LogP contribution in [-0.2, 0) is 26.4 Å². The molecule has 186 valence electrons. The van der Waals surface area contributed by atoms with Crippen molar-refractivity contribution in [1.29, 1.82) is 0 Å². The number of furan rings is 1. The average Bonchev–Trinajstić information content (AvgIpc) is 3.44. The van der Waals surface area contributed by atoms with Crippen molar-refractivity contribution < 1.29 is 18.7 Å². The van der Waals surface area contributed by atoms with Crippen molar-refractivity contribution >= 4 is 11.8 Å². The Hall–Kier alpha value is -3.82. The number of hydrogen-bond donors (Lipinski definition) is 1. The fraction of sp³-hybridized carbons (Fsp3) is 0.440. The largest absolute Gasteiger partial charge is 0.496 e.